The van der Waals surface area contributed by atoms with Crippen LogP contribution >= 0.6 is 0 Å². The standard InChI is InChI=1S/C7H5F9O/c8-3(2-17)1-5(11,12)7(15,16)6(13,14)4(9)10/h2-4H,1H2. The van der Waals surface area contributed by atoms with Crippen molar-refractivity contribution in [3.05, 3.63) is 0 Å². The first-order valence-corrected chi connectivity index (χ1v) is 3.91. The minimum absolute atomic E-state index is 0.829. The van der Waals surface area contributed by atoms with Gasteiger partial charge in [-0.1, -0.05) is 0 Å². The molecule has 0 aliphatic rings. The zero-order valence-corrected chi connectivity index (χ0v) is 7.75. The van der Waals surface area contributed by atoms with Gasteiger partial charge in [0.1, 0.15) is 0 Å². The van der Waals surface area contributed by atoms with Crippen molar-refractivity contribution in [3.8, 4) is 0 Å². The molecule has 1 unspecified atom stereocenters. The lowest BCUT2D eigenvalue weighted by atomic mass is 10.00. The maximum Gasteiger partial charge on any atom is 0.377 e. The van der Waals surface area contributed by atoms with Gasteiger partial charge >= 0.3 is 24.2 Å². The Balaban J connectivity index is 5.21. The molecule has 0 aromatic heterocycles. The van der Waals surface area contributed by atoms with E-state index in [2.05, 4.69) is 0 Å². The molecule has 0 rings (SSSR count). The summed E-state index contributed by atoms with van der Waals surface area (Å²) in [7, 11) is 0. The Kier molecular flexibility index (Phi) is 4.46. The summed E-state index contributed by atoms with van der Waals surface area (Å²) in [5, 5.41) is 0. The number of alkyl halides is 9. The predicted octanol–water partition coefficient (Wildman–Crippen LogP) is 3.08. The van der Waals surface area contributed by atoms with Crippen LogP contribution in [-0.2, 0) is 4.79 Å². The quantitative estimate of drug-likeness (QED) is 0.538. The molecule has 0 aromatic carbocycles. The Labute approximate surface area is 88.6 Å². The highest BCUT2D eigenvalue weighted by molar-refractivity contribution is 5.55. The third-order valence-electron chi connectivity index (χ3n) is 1.75. The van der Waals surface area contributed by atoms with Crippen molar-refractivity contribution in [3.63, 3.8) is 0 Å². The van der Waals surface area contributed by atoms with Crippen molar-refractivity contribution >= 4 is 6.29 Å². The normalized spacial score (nSPS) is 16.1. The number of rotatable bonds is 6. The fraction of sp³-hybridized carbons (Fsp3) is 0.857. The van der Waals surface area contributed by atoms with Gasteiger partial charge in [0.15, 0.2) is 12.5 Å². The zero-order chi connectivity index (χ0) is 14.1. The largest absolute Gasteiger partial charge is 0.377 e. The molecule has 0 amide bonds. The minimum Gasteiger partial charge on any atom is -0.300 e. The Bertz CT molecular complexity index is 275. The Morgan fingerprint density at radius 2 is 1.35 bits per heavy atom. The molecule has 102 valence electrons. The minimum atomic E-state index is -6.47. The van der Waals surface area contributed by atoms with E-state index in [0.29, 0.717) is 0 Å². The number of hydrogen-bond acceptors (Lipinski definition) is 1. The van der Waals surface area contributed by atoms with Crippen LogP contribution in [-0.4, -0.2) is 36.7 Å². The van der Waals surface area contributed by atoms with Gasteiger partial charge in [-0.05, 0) is 0 Å². The van der Waals surface area contributed by atoms with Crippen molar-refractivity contribution in [1.82, 2.24) is 0 Å². The predicted molar refractivity (Wildman–Crippen MR) is 36.4 cm³/mol. The van der Waals surface area contributed by atoms with Gasteiger partial charge in [-0.25, -0.2) is 13.2 Å². The molecule has 0 fully saturated rings. The van der Waals surface area contributed by atoms with E-state index in [9.17, 15) is 44.3 Å². The molecule has 0 aromatic rings. The van der Waals surface area contributed by atoms with Crippen molar-refractivity contribution in [2.75, 3.05) is 0 Å². The van der Waals surface area contributed by atoms with E-state index >= 15 is 0 Å². The van der Waals surface area contributed by atoms with E-state index in [-0.39, 0.29) is 0 Å². The summed E-state index contributed by atoms with van der Waals surface area (Å²) in [5.41, 5.74) is 0. The topological polar surface area (TPSA) is 17.1 Å². The third kappa shape index (κ3) is 2.83. The average Bonchev–Trinajstić information content (AvgIpc) is 2.15. The van der Waals surface area contributed by atoms with Gasteiger partial charge < -0.3 is 4.79 Å². The maximum absolute atomic E-state index is 12.5. The molecule has 10 heteroatoms. The summed E-state index contributed by atoms with van der Waals surface area (Å²) >= 11 is 0. The third-order valence-corrected chi connectivity index (χ3v) is 1.75. The first-order valence-electron chi connectivity index (χ1n) is 3.91. The molecule has 1 nitrogen and oxygen atoms in total. The van der Waals surface area contributed by atoms with Gasteiger partial charge in [-0.15, -0.1) is 0 Å². The summed E-state index contributed by atoms with van der Waals surface area (Å²) in [6, 6.07) is 0. The molecule has 0 N–H and O–H groups in total. The van der Waals surface area contributed by atoms with Crippen LogP contribution in [0.15, 0.2) is 0 Å². The van der Waals surface area contributed by atoms with Crippen LogP contribution in [0, 0.1) is 0 Å². The summed E-state index contributed by atoms with van der Waals surface area (Å²) in [6.07, 6.45) is -11.7. The number of halogens is 9. The molecule has 0 radical (unpaired) electrons. The van der Waals surface area contributed by atoms with Gasteiger partial charge in [-0.2, -0.15) is 26.3 Å². The summed E-state index contributed by atoms with van der Waals surface area (Å²) in [6.45, 7) is 0. The molecule has 0 aliphatic heterocycles. The van der Waals surface area contributed by atoms with Crippen LogP contribution in [0.1, 0.15) is 6.42 Å². The van der Waals surface area contributed by atoms with Crippen LogP contribution in [0.4, 0.5) is 39.5 Å². The zero-order valence-electron chi connectivity index (χ0n) is 7.75. The first-order chi connectivity index (χ1) is 7.40. The van der Waals surface area contributed by atoms with E-state index in [0.717, 1.165) is 0 Å². The number of carbonyl (C=O) groups excluding carboxylic acids is 1. The molecule has 0 saturated carbocycles. The lowest BCUT2D eigenvalue weighted by Gasteiger charge is -2.32. The van der Waals surface area contributed by atoms with Gasteiger partial charge in [0.05, 0.1) is 6.42 Å². The van der Waals surface area contributed by atoms with Crippen LogP contribution in [0.3, 0.4) is 0 Å². The monoisotopic (exact) mass is 276 g/mol. The maximum atomic E-state index is 12.5. The SMILES string of the molecule is O=CC(F)CC(F)(F)C(F)(F)C(F)(F)C(F)F. The second kappa shape index (κ2) is 4.73. The molecule has 0 heterocycles. The van der Waals surface area contributed by atoms with Gasteiger partial charge in [-0.3, -0.25) is 0 Å². The number of hydrogen-bond donors (Lipinski definition) is 0. The van der Waals surface area contributed by atoms with Crippen molar-refractivity contribution in [2.45, 2.75) is 36.8 Å². The second-order valence-corrected chi connectivity index (χ2v) is 3.06. The molecular formula is C7H5F9O. The fourth-order valence-corrected chi connectivity index (χ4v) is 0.802. The van der Waals surface area contributed by atoms with E-state index in [1.54, 1.807) is 0 Å². The molecule has 0 bridgehead atoms. The van der Waals surface area contributed by atoms with Crippen molar-refractivity contribution in [2.24, 2.45) is 0 Å². The molecule has 0 spiro atoms. The highest BCUT2D eigenvalue weighted by atomic mass is 19.4. The summed E-state index contributed by atoms with van der Waals surface area (Å²) in [4.78, 5) is 9.60. The highest BCUT2D eigenvalue weighted by Crippen LogP contribution is 2.50. The smallest absolute Gasteiger partial charge is 0.300 e. The lowest BCUT2D eigenvalue weighted by Crippen LogP contribution is -2.58. The fourth-order valence-electron chi connectivity index (χ4n) is 0.802. The van der Waals surface area contributed by atoms with Crippen LogP contribution in [0.5, 0.6) is 0 Å². The Hall–Kier alpha value is -0.960. The van der Waals surface area contributed by atoms with Crippen LogP contribution in [0.25, 0.3) is 0 Å². The van der Waals surface area contributed by atoms with Gasteiger partial charge in [0.25, 0.3) is 0 Å². The summed E-state index contributed by atoms with van der Waals surface area (Å²) < 4.78 is 110. The average molecular weight is 276 g/mol. The molecular weight excluding hydrogens is 271 g/mol. The lowest BCUT2D eigenvalue weighted by molar-refractivity contribution is -0.340. The van der Waals surface area contributed by atoms with E-state index < -0.39 is 43.1 Å². The van der Waals surface area contributed by atoms with E-state index in [1.807, 2.05) is 0 Å². The van der Waals surface area contributed by atoms with Crippen molar-refractivity contribution in [1.29, 1.82) is 0 Å². The highest BCUT2D eigenvalue weighted by Gasteiger charge is 2.75. The van der Waals surface area contributed by atoms with Crippen molar-refractivity contribution < 1.29 is 44.3 Å². The first kappa shape index (κ1) is 16.0. The van der Waals surface area contributed by atoms with Gasteiger partial charge in [0, 0.05) is 0 Å². The summed E-state index contributed by atoms with van der Waals surface area (Å²) in [5.74, 6) is -18.6. The van der Waals surface area contributed by atoms with E-state index in [4.69, 9.17) is 0 Å². The molecule has 1 atom stereocenters. The van der Waals surface area contributed by atoms with Crippen LogP contribution < -0.4 is 0 Å². The van der Waals surface area contributed by atoms with Gasteiger partial charge in [0.2, 0.25) is 0 Å². The molecule has 0 aliphatic carbocycles. The Morgan fingerprint density at radius 1 is 0.941 bits per heavy atom. The molecule has 17 heavy (non-hydrogen) atoms. The van der Waals surface area contributed by atoms with E-state index in [1.165, 1.54) is 0 Å². The Morgan fingerprint density at radius 3 is 1.65 bits per heavy atom. The number of carbonyl (C=O) groups is 1. The number of aldehydes is 1. The van der Waals surface area contributed by atoms with Crippen LogP contribution in [0.2, 0.25) is 0 Å². The molecule has 0 saturated heterocycles. The second-order valence-electron chi connectivity index (χ2n) is 3.06.